The first kappa shape index (κ1) is 27.2. The van der Waals surface area contributed by atoms with Gasteiger partial charge in [-0.2, -0.15) is 0 Å². The molecule has 0 atom stereocenters. The van der Waals surface area contributed by atoms with E-state index in [0.29, 0.717) is 0 Å². The molecule has 3 heterocycles. The van der Waals surface area contributed by atoms with E-state index in [1.165, 1.54) is 127 Å². The molecular formula is C48H24S3. The second kappa shape index (κ2) is 9.60. The van der Waals surface area contributed by atoms with E-state index in [2.05, 4.69) is 144 Å². The first-order chi connectivity index (χ1) is 25.3. The van der Waals surface area contributed by atoms with E-state index in [1.807, 2.05) is 34.0 Å². The van der Waals surface area contributed by atoms with Gasteiger partial charge in [-0.25, -0.2) is 0 Å². The van der Waals surface area contributed by atoms with Crippen LogP contribution < -0.4 is 0 Å². The van der Waals surface area contributed by atoms with Crippen LogP contribution in [0, 0.1) is 0 Å². The highest BCUT2D eigenvalue weighted by atomic mass is 32.1. The molecule has 3 heteroatoms. The van der Waals surface area contributed by atoms with Crippen molar-refractivity contribution in [3.63, 3.8) is 0 Å². The summed E-state index contributed by atoms with van der Waals surface area (Å²) in [6, 6.07) is 48.5. The number of hydrogen-bond donors (Lipinski definition) is 0. The van der Waals surface area contributed by atoms with Gasteiger partial charge in [0.05, 0.1) is 0 Å². The zero-order valence-corrected chi connectivity index (χ0v) is 29.5. The summed E-state index contributed by atoms with van der Waals surface area (Å²) in [4.78, 5) is 0. The maximum Gasteiger partial charge on any atom is 0.0434 e. The maximum absolute atomic E-state index is 2.49. The lowest BCUT2D eigenvalue weighted by Gasteiger charge is -2.20. The minimum Gasteiger partial charge on any atom is -0.143 e. The van der Waals surface area contributed by atoms with Crippen molar-refractivity contribution in [2.45, 2.75) is 0 Å². The van der Waals surface area contributed by atoms with Crippen LogP contribution in [0.4, 0.5) is 0 Å². The maximum atomic E-state index is 2.49. The molecule has 0 unspecified atom stereocenters. The number of benzene rings is 10. The van der Waals surface area contributed by atoms with Crippen molar-refractivity contribution in [1.29, 1.82) is 0 Å². The molecule has 0 radical (unpaired) electrons. The highest BCUT2D eigenvalue weighted by Crippen LogP contribution is 2.55. The molecule has 0 saturated heterocycles. The minimum atomic E-state index is 1.29. The largest absolute Gasteiger partial charge is 0.143 e. The number of fused-ring (bicyclic) bond motifs is 24. The van der Waals surface area contributed by atoms with Crippen molar-refractivity contribution >= 4 is 161 Å². The van der Waals surface area contributed by atoms with E-state index >= 15 is 0 Å². The quantitative estimate of drug-likeness (QED) is 0.109. The van der Waals surface area contributed by atoms with E-state index < -0.39 is 0 Å². The fourth-order valence-electron chi connectivity index (χ4n) is 9.39. The van der Waals surface area contributed by atoms with E-state index in [0.717, 1.165) is 0 Å². The van der Waals surface area contributed by atoms with Crippen molar-refractivity contribution < 1.29 is 0 Å². The lowest BCUT2D eigenvalue weighted by atomic mass is 9.83. The van der Waals surface area contributed by atoms with Gasteiger partial charge in [0.15, 0.2) is 0 Å². The van der Waals surface area contributed by atoms with Crippen LogP contribution in [0.1, 0.15) is 0 Å². The van der Waals surface area contributed by atoms with Crippen LogP contribution in [0.15, 0.2) is 144 Å². The van der Waals surface area contributed by atoms with Crippen LogP contribution >= 0.6 is 34.0 Å². The van der Waals surface area contributed by atoms with Crippen LogP contribution in [0.3, 0.4) is 0 Å². The molecule has 0 spiro atoms. The lowest BCUT2D eigenvalue weighted by Crippen LogP contribution is -1.91. The third-order valence-electron chi connectivity index (χ3n) is 11.5. The van der Waals surface area contributed by atoms with Crippen LogP contribution in [-0.2, 0) is 0 Å². The fraction of sp³-hybridized carbons (Fsp3) is 0. The molecule has 13 rings (SSSR count). The molecule has 0 aliphatic rings. The average molecular weight is 697 g/mol. The van der Waals surface area contributed by atoms with Gasteiger partial charge in [-0.3, -0.25) is 0 Å². The topological polar surface area (TPSA) is 0 Å². The Hall–Kier alpha value is -5.58. The van der Waals surface area contributed by atoms with Gasteiger partial charge >= 0.3 is 0 Å². The highest BCUT2D eigenvalue weighted by Gasteiger charge is 2.25. The summed E-state index contributed by atoms with van der Waals surface area (Å²) in [5.41, 5.74) is 0. The third kappa shape index (κ3) is 3.40. The van der Waals surface area contributed by atoms with Crippen molar-refractivity contribution in [2.75, 3.05) is 0 Å². The van der Waals surface area contributed by atoms with Gasteiger partial charge in [0, 0.05) is 62.6 Å². The molecule has 0 saturated carbocycles. The Morgan fingerprint density at radius 3 is 0.765 bits per heavy atom. The van der Waals surface area contributed by atoms with E-state index in [1.54, 1.807) is 0 Å². The predicted molar refractivity (Wildman–Crippen MR) is 230 cm³/mol. The third-order valence-corrected chi connectivity index (χ3v) is 14.3. The first-order valence-corrected chi connectivity index (χ1v) is 20.0. The molecule has 3 aromatic heterocycles. The van der Waals surface area contributed by atoms with E-state index in [4.69, 9.17) is 0 Å². The summed E-state index contributed by atoms with van der Waals surface area (Å²) in [7, 11) is 0. The standard InChI is InChI=1S/C48H24S3/c1-4-10-28-22-37-34(19-25(28)7-1)31-13-16-49-46(31)43-40(37)44-42(39-24-30-12-6-3-8-26(30)20-35(39)32-14-17-50-47(32)44)45-41(43)38-23-29-11-5-2-9-27(29)21-36(38)33-15-18-51-48(33)45/h1-24H. The number of rotatable bonds is 0. The smallest absolute Gasteiger partial charge is 0.0434 e. The van der Waals surface area contributed by atoms with Crippen LogP contribution in [0.5, 0.6) is 0 Å². The zero-order valence-electron chi connectivity index (χ0n) is 27.1. The summed E-state index contributed by atoms with van der Waals surface area (Å²) in [6.07, 6.45) is 0. The van der Waals surface area contributed by atoms with Crippen LogP contribution in [0.25, 0.3) is 127 Å². The lowest BCUT2D eigenvalue weighted by molar-refractivity contribution is 1.81. The molecule has 0 nitrogen and oxygen atoms in total. The Bertz CT molecular complexity index is 3280. The molecule has 0 fully saturated rings. The molecule has 10 aromatic carbocycles. The molecule has 0 aliphatic heterocycles. The molecule has 51 heavy (non-hydrogen) atoms. The van der Waals surface area contributed by atoms with Gasteiger partial charge in [-0.05, 0) is 135 Å². The Labute approximate surface area is 303 Å². The molecule has 13 aromatic rings. The van der Waals surface area contributed by atoms with E-state index in [9.17, 15) is 0 Å². The summed E-state index contributed by atoms with van der Waals surface area (Å²) in [5.74, 6) is 0. The van der Waals surface area contributed by atoms with Gasteiger partial charge in [0.25, 0.3) is 0 Å². The Balaban J connectivity index is 1.48. The number of hydrogen-bond acceptors (Lipinski definition) is 3. The second-order valence-electron chi connectivity index (χ2n) is 14.0. The molecule has 0 amide bonds. The Kier molecular flexibility index (Phi) is 5.11. The Morgan fingerprint density at radius 2 is 0.490 bits per heavy atom. The average Bonchev–Trinajstić information content (AvgIpc) is 3.97. The van der Waals surface area contributed by atoms with E-state index in [-0.39, 0.29) is 0 Å². The van der Waals surface area contributed by atoms with Gasteiger partial charge in [0.1, 0.15) is 0 Å². The van der Waals surface area contributed by atoms with Crippen molar-refractivity contribution in [3.8, 4) is 0 Å². The van der Waals surface area contributed by atoms with Crippen LogP contribution in [-0.4, -0.2) is 0 Å². The van der Waals surface area contributed by atoms with Crippen LogP contribution in [0.2, 0.25) is 0 Å². The number of thiophene rings is 3. The zero-order chi connectivity index (χ0) is 32.9. The first-order valence-electron chi connectivity index (χ1n) is 17.4. The summed E-state index contributed by atoms with van der Waals surface area (Å²) in [6.45, 7) is 0. The summed E-state index contributed by atoms with van der Waals surface area (Å²) < 4.78 is 4.15. The normalized spacial score (nSPS) is 12.7. The van der Waals surface area contributed by atoms with Gasteiger partial charge in [0.2, 0.25) is 0 Å². The molecule has 0 aliphatic carbocycles. The summed E-state index contributed by atoms with van der Waals surface area (Å²) in [5, 5.41) is 35.1. The second-order valence-corrected chi connectivity index (χ2v) is 16.7. The van der Waals surface area contributed by atoms with Crippen molar-refractivity contribution in [1.82, 2.24) is 0 Å². The monoisotopic (exact) mass is 696 g/mol. The molecule has 234 valence electrons. The van der Waals surface area contributed by atoms with Gasteiger partial charge in [-0.1, -0.05) is 72.8 Å². The molecule has 0 N–H and O–H groups in total. The van der Waals surface area contributed by atoms with Crippen molar-refractivity contribution in [2.24, 2.45) is 0 Å². The highest BCUT2D eigenvalue weighted by molar-refractivity contribution is 7.20. The molecular weight excluding hydrogens is 673 g/mol. The minimum absolute atomic E-state index is 1.29. The Morgan fingerprint density at radius 1 is 0.235 bits per heavy atom. The summed E-state index contributed by atoms with van der Waals surface area (Å²) >= 11 is 5.70. The van der Waals surface area contributed by atoms with Gasteiger partial charge in [-0.15, -0.1) is 34.0 Å². The van der Waals surface area contributed by atoms with Gasteiger partial charge < -0.3 is 0 Å². The predicted octanol–water partition coefficient (Wildman–Crippen LogP) is 15.7. The molecule has 0 bridgehead atoms. The SMILES string of the molecule is c1ccc2cc3c(cc2c1)c1ccsc1c1c3c2c3sccc3c3cc4ccccc4cc3c2c2c3sccc3c3cc4ccccc4cc3c12. The fourth-order valence-corrected chi connectivity index (χ4v) is 12.3. The van der Waals surface area contributed by atoms with Crippen molar-refractivity contribution in [3.05, 3.63) is 144 Å².